The van der Waals surface area contributed by atoms with Crippen LogP contribution in [0.15, 0.2) is 35.6 Å². The molecule has 2 unspecified atom stereocenters. The van der Waals surface area contributed by atoms with Crippen molar-refractivity contribution >= 4 is 29.0 Å². The first-order chi connectivity index (χ1) is 16.1. The van der Waals surface area contributed by atoms with Gasteiger partial charge in [-0.05, 0) is 13.3 Å². The summed E-state index contributed by atoms with van der Waals surface area (Å²) in [6.45, 7) is 7.22. The van der Waals surface area contributed by atoms with Crippen LogP contribution in [0, 0.1) is 11.3 Å². The Morgan fingerprint density at radius 3 is 3.06 bits per heavy atom. The number of aliphatic hydroxyl groups excluding tert-OH is 2. The van der Waals surface area contributed by atoms with Gasteiger partial charge in [-0.15, -0.1) is 0 Å². The smallest absolute Gasteiger partial charge is 0.171 e. The third kappa shape index (κ3) is 6.36. The first-order valence-electron chi connectivity index (χ1n) is 10.6. The second-order valence-corrected chi connectivity index (χ2v) is 7.19. The quantitative estimate of drug-likeness (QED) is 0.259. The van der Waals surface area contributed by atoms with Crippen LogP contribution in [0.1, 0.15) is 13.3 Å². The molecule has 3 N–H and O–H groups in total. The number of nitrogens with one attached hydrogen (secondary N) is 1. The number of fused-ring (bicyclic) bond motifs is 1. The fourth-order valence-corrected chi connectivity index (χ4v) is 3.12. The van der Waals surface area contributed by atoms with Crippen molar-refractivity contribution in [3.8, 4) is 11.8 Å². The molecular weight excluding hydrogens is 428 g/mol. The van der Waals surface area contributed by atoms with Crippen molar-refractivity contribution in [1.29, 1.82) is 5.26 Å². The highest BCUT2D eigenvalue weighted by Crippen LogP contribution is 2.29. The van der Waals surface area contributed by atoms with Crippen molar-refractivity contribution in [1.82, 2.24) is 14.5 Å². The van der Waals surface area contributed by atoms with Crippen LogP contribution in [0.5, 0.6) is 5.75 Å². The van der Waals surface area contributed by atoms with Crippen LogP contribution in [0.3, 0.4) is 0 Å². The average Bonchev–Trinajstić information content (AvgIpc) is 3.23. The summed E-state index contributed by atoms with van der Waals surface area (Å²) in [5, 5.41) is 31.4. The molecule has 176 valence electrons. The molecule has 1 fully saturated rings. The molecular formula is C22H28N6O5. The second kappa shape index (κ2) is 12.1. The molecule has 0 aliphatic carbocycles. The molecule has 1 aliphatic rings. The highest BCUT2D eigenvalue weighted by atomic mass is 16.5. The minimum atomic E-state index is -0.591. The number of hydrogen-bond acceptors (Lipinski definition) is 10. The molecule has 0 radical (unpaired) electrons. The third-order valence-electron chi connectivity index (χ3n) is 4.92. The Kier molecular flexibility index (Phi) is 8.91. The monoisotopic (exact) mass is 456 g/mol. The van der Waals surface area contributed by atoms with Gasteiger partial charge in [0.05, 0.1) is 44.1 Å². The van der Waals surface area contributed by atoms with Crippen molar-refractivity contribution in [2.75, 3.05) is 45.0 Å². The van der Waals surface area contributed by atoms with E-state index in [0.717, 1.165) is 0 Å². The molecule has 1 saturated heterocycles. The van der Waals surface area contributed by atoms with Gasteiger partial charge in [0, 0.05) is 18.9 Å². The third-order valence-corrected chi connectivity index (χ3v) is 4.92. The highest BCUT2D eigenvalue weighted by molar-refractivity contribution is 5.87. The number of pyridine rings is 1. The lowest BCUT2D eigenvalue weighted by molar-refractivity contribution is 0.00296. The lowest BCUT2D eigenvalue weighted by Gasteiger charge is -2.29. The molecule has 2 aromatic rings. The maximum absolute atomic E-state index is 10.3. The lowest BCUT2D eigenvalue weighted by atomic mass is 10.1. The van der Waals surface area contributed by atoms with E-state index in [1.807, 2.05) is 6.07 Å². The van der Waals surface area contributed by atoms with Crippen molar-refractivity contribution < 1.29 is 24.4 Å². The summed E-state index contributed by atoms with van der Waals surface area (Å²) in [5.41, 5.74) is 1.44. The maximum Gasteiger partial charge on any atom is 0.171 e. The largest absolute Gasteiger partial charge is 0.487 e. The molecule has 11 heteroatoms. The van der Waals surface area contributed by atoms with Crippen LogP contribution >= 0.6 is 0 Å². The van der Waals surface area contributed by atoms with E-state index in [-0.39, 0.29) is 25.9 Å². The van der Waals surface area contributed by atoms with Gasteiger partial charge >= 0.3 is 0 Å². The molecule has 3 rings (SSSR count). The fourth-order valence-electron chi connectivity index (χ4n) is 3.12. The molecule has 3 heterocycles. The molecule has 0 amide bonds. The predicted octanol–water partition coefficient (Wildman–Crippen LogP) is 1.35. The van der Waals surface area contributed by atoms with E-state index in [0.29, 0.717) is 60.4 Å². The van der Waals surface area contributed by atoms with Gasteiger partial charge in [0.25, 0.3) is 0 Å². The maximum atomic E-state index is 10.3. The standard InChI is InChI=1S/C22H28N6O5/c1-3-16(11-23)12-24-15(2)28-14-25-17-10-20(33-9-8-31-7-5-29)21(27-22(17)28)26-18-13-32-6-4-19(18)30/h3,10,12,14,18-19,29-30H,2,4-9,13H2,1H3,(H,26,27)/b16-3-,24-12?. The number of rotatable bonds is 11. The first-order valence-corrected chi connectivity index (χ1v) is 10.6. The minimum Gasteiger partial charge on any atom is -0.487 e. The SMILES string of the molecule is C=C(N=C/C(C#N)=C\C)n1cnc2cc(OCCOCCO)c(NC3COCCC3O)nc21. The van der Waals surface area contributed by atoms with Crippen molar-refractivity contribution in [3.05, 3.63) is 30.6 Å². The average molecular weight is 457 g/mol. The van der Waals surface area contributed by atoms with Crippen LogP contribution in [0.2, 0.25) is 0 Å². The van der Waals surface area contributed by atoms with E-state index < -0.39 is 6.10 Å². The minimum absolute atomic E-state index is 0.0619. The summed E-state index contributed by atoms with van der Waals surface area (Å²) < 4.78 is 18.2. The Labute approximate surface area is 191 Å². The van der Waals surface area contributed by atoms with Crippen LogP contribution in [0.25, 0.3) is 17.0 Å². The zero-order valence-electron chi connectivity index (χ0n) is 18.5. The zero-order chi connectivity index (χ0) is 23.6. The number of allylic oxidation sites excluding steroid dienone is 2. The Morgan fingerprint density at radius 1 is 1.48 bits per heavy atom. The number of imidazole rings is 1. The highest BCUT2D eigenvalue weighted by Gasteiger charge is 2.26. The topological polar surface area (TPSA) is 147 Å². The molecule has 11 nitrogen and oxygen atoms in total. The number of aliphatic hydroxyl groups is 2. The molecule has 33 heavy (non-hydrogen) atoms. The molecule has 2 aromatic heterocycles. The predicted molar refractivity (Wildman–Crippen MR) is 123 cm³/mol. The number of hydrogen-bond donors (Lipinski definition) is 3. The van der Waals surface area contributed by atoms with E-state index in [1.54, 1.807) is 23.6 Å². The summed E-state index contributed by atoms with van der Waals surface area (Å²) in [4.78, 5) is 13.3. The molecule has 2 atom stereocenters. The van der Waals surface area contributed by atoms with Gasteiger partial charge < -0.3 is 29.7 Å². The summed E-state index contributed by atoms with van der Waals surface area (Å²) in [6, 6.07) is 3.40. The summed E-state index contributed by atoms with van der Waals surface area (Å²) >= 11 is 0. The van der Waals surface area contributed by atoms with E-state index in [1.165, 1.54) is 12.5 Å². The van der Waals surface area contributed by atoms with Gasteiger partial charge in [-0.1, -0.05) is 12.7 Å². The fraction of sp³-hybridized carbons (Fsp3) is 0.455. The Balaban J connectivity index is 1.89. The molecule has 1 aliphatic heterocycles. The van der Waals surface area contributed by atoms with E-state index in [4.69, 9.17) is 24.6 Å². The van der Waals surface area contributed by atoms with Crippen molar-refractivity contribution in [3.63, 3.8) is 0 Å². The van der Waals surface area contributed by atoms with Crippen LogP contribution in [0.4, 0.5) is 5.82 Å². The molecule has 0 spiro atoms. The Morgan fingerprint density at radius 2 is 2.33 bits per heavy atom. The molecule has 0 aromatic carbocycles. The Hall–Kier alpha value is -3.30. The van der Waals surface area contributed by atoms with Gasteiger partial charge in [-0.3, -0.25) is 4.57 Å². The van der Waals surface area contributed by atoms with E-state index >= 15 is 0 Å². The zero-order valence-corrected chi connectivity index (χ0v) is 18.5. The van der Waals surface area contributed by atoms with E-state index in [2.05, 4.69) is 26.9 Å². The first kappa shape index (κ1) is 24.3. The number of aliphatic imine (C=N–C) groups is 1. The number of nitriles is 1. The Bertz CT molecular complexity index is 1060. The van der Waals surface area contributed by atoms with Crippen molar-refractivity contribution in [2.24, 2.45) is 4.99 Å². The summed E-state index contributed by atoms with van der Waals surface area (Å²) in [6.07, 6.45) is 4.53. The number of aromatic nitrogens is 3. The second-order valence-electron chi connectivity index (χ2n) is 7.19. The van der Waals surface area contributed by atoms with Crippen molar-refractivity contribution in [2.45, 2.75) is 25.5 Å². The van der Waals surface area contributed by atoms with Crippen LogP contribution in [-0.4, -0.2) is 82.7 Å². The summed E-state index contributed by atoms with van der Waals surface area (Å²) in [5.74, 6) is 1.18. The number of nitrogens with zero attached hydrogens (tertiary/aromatic N) is 5. The number of anilines is 1. The molecule has 0 bridgehead atoms. The number of ether oxygens (including phenoxy) is 3. The van der Waals surface area contributed by atoms with Gasteiger partial charge in [0.2, 0.25) is 0 Å². The van der Waals surface area contributed by atoms with Crippen LogP contribution in [-0.2, 0) is 9.47 Å². The van der Waals surface area contributed by atoms with Gasteiger partial charge in [0.1, 0.15) is 30.3 Å². The van der Waals surface area contributed by atoms with Gasteiger partial charge in [-0.25, -0.2) is 15.0 Å². The van der Waals surface area contributed by atoms with E-state index in [9.17, 15) is 5.11 Å². The summed E-state index contributed by atoms with van der Waals surface area (Å²) in [7, 11) is 0. The normalized spacial score (nSPS) is 19.0. The van der Waals surface area contributed by atoms with Gasteiger partial charge in [0.15, 0.2) is 17.2 Å². The van der Waals surface area contributed by atoms with Crippen LogP contribution < -0.4 is 10.1 Å². The lowest BCUT2D eigenvalue weighted by Crippen LogP contribution is -2.42. The van der Waals surface area contributed by atoms with Gasteiger partial charge in [-0.2, -0.15) is 5.26 Å². The molecule has 0 saturated carbocycles.